The molecule has 2 amide bonds. The first-order chi connectivity index (χ1) is 14.9. The molecule has 0 bridgehead atoms. The van der Waals surface area contributed by atoms with E-state index in [1.165, 1.54) is 21.3 Å². The molecule has 8 nitrogen and oxygen atoms in total. The Labute approximate surface area is 185 Å². The lowest BCUT2D eigenvalue weighted by Gasteiger charge is -2.37. The van der Waals surface area contributed by atoms with E-state index in [0.717, 1.165) is 32.2 Å². The van der Waals surface area contributed by atoms with E-state index in [4.69, 9.17) is 14.2 Å². The summed E-state index contributed by atoms with van der Waals surface area (Å²) in [4.78, 5) is 27.2. The van der Waals surface area contributed by atoms with E-state index in [1.807, 2.05) is 0 Å². The average molecular weight is 436 g/mol. The molecule has 1 aromatic rings. The first-order valence-electron chi connectivity index (χ1n) is 11.0. The van der Waals surface area contributed by atoms with Crippen molar-refractivity contribution >= 4 is 17.5 Å². The highest BCUT2D eigenvalue weighted by atomic mass is 16.5. The van der Waals surface area contributed by atoms with Gasteiger partial charge in [-0.05, 0) is 26.2 Å². The van der Waals surface area contributed by atoms with Gasteiger partial charge in [0, 0.05) is 49.9 Å². The summed E-state index contributed by atoms with van der Waals surface area (Å²) in [5.41, 5.74) is 0.583. The lowest BCUT2D eigenvalue weighted by molar-refractivity contribution is -0.127. The second-order valence-corrected chi connectivity index (χ2v) is 7.98. The minimum Gasteiger partial charge on any atom is -0.493 e. The van der Waals surface area contributed by atoms with Crippen LogP contribution >= 0.6 is 0 Å². The molecule has 0 aliphatic carbocycles. The van der Waals surface area contributed by atoms with Gasteiger partial charge >= 0.3 is 0 Å². The summed E-state index contributed by atoms with van der Waals surface area (Å²) in [7, 11) is 4.61. The molecule has 8 heteroatoms. The molecule has 2 rings (SSSR count). The fourth-order valence-corrected chi connectivity index (χ4v) is 3.86. The predicted octanol–water partition coefficient (Wildman–Crippen LogP) is 3.06. The topological polar surface area (TPSA) is 89.1 Å². The van der Waals surface area contributed by atoms with Gasteiger partial charge in [0.1, 0.15) is 0 Å². The van der Waals surface area contributed by atoms with Crippen LogP contribution < -0.4 is 24.8 Å². The number of likely N-dealkylation sites (tertiary alicyclic amines) is 1. The fourth-order valence-electron chi connectivity index (χ4n) is 3.86. The van der Waals surface area contributed by atoms with Crippen LogP contribution in [-0.2, 0) is 9.59 Å². The van der Waals surface area contributed by atoms with Crippen molar-refractivity contribution in [3.05, 3.63) is 12.1 Å². The van der Waals surface area contributed by atoms with Gasteiger partial charge in [0.25, 0.3) is 0 Å². The third-order valence-electron chi connectivity index (χ3n) is 5.79. The smallest absolute Gasteiger partial charge is 0.225 e. The van der Waals surface area contributed by atoms with Crippen LogP contribution in [0, 0.1) is 5.92 Å². The van der Waals surface area contributed by atoms with Gasteiger partial charge in [0.15, 0.2) is 11.5 Å². The van der Waals surface area contributed by atoms with Crippen molar-refractivity contribution in [2.24, 2.45) is 5.92 Å². The van der Waals surface area contributed by atoms with Gasteiger partial charge in [-0.15, -0.1) is 0 Å². The molecule has 1 fully saturated rings. The largest absolute Gasteiger partial charge is 0.493 e. The Balaban J connectivity index is 1.92. The van der Waals surface area contributed by atoms with Crippen molar-refractivity contribution in [3.63, 3.8) is 0 Å². The number of benzene rings is 1. The summed E-state index contributed by atoms with van der Waals surface area (Å²) in [5.74, 6) is 1.47. The number of nitrogens with zero attached hydrogens (tertiary/aromatic N) is 1. The zero-order valence-corrected chi connectivity index (χ0v) is 19.5. The third kappa shape index (κ3) is 7.02. The Bertz CT molecular complexity index is 715. The monoisotopic (exact) mass is 435 g/mol. The molecule has 1 aliphatic rings. The van der Waals surface area contributed by atoms with Gasteiger partial charge in [0.2, 0.25) is 17.6 Å². The number of rotatable bonds is 11. The van der Waals surface area contributed by atoms with E-state index < -0.39 is 0 Å². The summed E-state index contributed by atoms with van der Waals surface area (Å²) >= 11 is 0. The molecule has 0 aromatic heterocycles. The molecule has 0 spiro atoms. The van der Waals surface area contributed by atoms with E-state index in [9.17, 15) is 9.59 Å². The quantitative estimate of drug-likeness (QED) is 0.520. The lowest BCUT2D eigenvalue weighted by atomic mass is 9.92. The third-order valence-corrected chi connectivity index (χ3v) is 5.79. The van der Waals surface area contributed by atoms with Gasteiger partial charge in [-0.2, -0.15) is 0 Å². The van der Waals surface area contributed by atoms with Gasteiger partial charge < -0.3 is 24.8 Å². The normalized spacial score (nSPS) is 18.9. The highest BCUT2D eigenvalue weighted by Crippen LogP contribution is 2.39. The summed E-state index contributed by atoms with van der Waals surface area (Å²) in [6.07, 6.45) is 4.26. The number of methoxy groups -OCH3 is 3. The van der Waals surface area contributed by atoms with Crippen LogP contribution in [0.25, 0.3) is 0 Å². The molecule has 2 N–H and O–H groups in total. The van der Waals surface area contributed by atoms with E-state index in [-0.39, 0.29) is 17.7 Å². The number of ether oxygens (including phenoxy) is 3. The van der Waals surface area contributed by atoms with Crippen molar-refractivity contribution < 1.29 is 23.8 Å². The van der Waals surface area contributed by atoms with Gasteiger partial charge in [-0.3, -0.25) is 14.5 Å². The number of carbonyl (C=O) groups excluding carboxylic acids is 2. The Hall–Kier alpha value is -2.48. The number of piperidine rings is 1. The maximum absolute atomic E-state index is 12.6. The van der Waals surface area contributed by atoms with Crippen LogP contribution in [0.4, 0.5) is 5.69 Å². The first kappa shape index (κ1) is 24.8. The maximum Gasteiger partial charge on any atom is 0.225 e. The summed E-state index contributed by atoms with van der Waals surface area (Å²) < 4.78 is 16.0. The SMILES string of the molecule is CCCCNC(=O)C1CCC(C)N(CCC(=O)Nc2cc(OC)c(OC)c(OC)c2)C1. The molecular weight excluding hydrogens is 398 g/mol. The molecule has 1 aliphatic heterocycles. The van der Waals surface area contributed by atoms with Crippen molar-refractivity contribution in [1.29, 1.82) is 0 Å². The maximum atomic E-state index is 12.6. The summed E-state index contributed by atoms with van der Waals surface area (Å²) in [6.45, 7) is 6.30. The minimum absolute atomic E-state index is 0.00812. The molecule has 0 saturated carbocycles. The Morgan fingerprint density at radius 1 is 1.10 bits per heavy atom. The predicted molar refractivity (Wildman–Crippen MR) is 121 cm³/mol. The Morgan fingerprint density at radius 3 is 2.35 bits per heavy atom. The first-order valence-corrected chi connectivity index (χ1v) is 11.0. The molecule has 1 aromatic carbocycles. The molecule has 1 saturated heterocycles. The molecular formula is C23H37N3O5. The van der Waals surface area contributed by atoms with Crippen molar-refractivity contribution in [2.75, 3.05) is 46.3 Å². The van der Waals surface area contributed by atoms with Gasteiger partial charge in [-0.1, -0.05) is 13.3 Å². The summed E-state index contributed by atoms with van der Waals surface area (Å²) in [5, 5.41) is 5.94. The average Bonchev–Trinajstić information content (AvgIpc) is 2.77. The zero-order valence-electron chi connectivity index (χ0n) is 19.5. The second-order valence-electron chi connectivity index (χ2n) is 7.98. The van der Waals surface area contributed by atoms with E-state index in [2.05, 4.69) is 29.4 Å². The van der Waals surface area contributed by atoms with E-state index in [1.54, 1.807) is 12.1 Å². The van der Waals surface area contributed by atoms with Crippen molar-refractivity contribution in [3.8, 4) is 17.2 Å². The molecule has 1 heterocycles. The molecule has 2 unspecified atom stereocenters. The van der Waals surface area contributed by atoms with Crippen LogP contribution in [0.5, 0.6) is 17.2 Å². The molecule has 2 atom stereocenters. The Morgan fingerprint density at radius 2 is 1.77 bits per heavy atom. The molecule has 31 heavy (non-hydrogen) atoms. The van der Waals surface area contributed by atoms with Crippen LogP contribution in [0.2, 0.25) is 0 Å². The number of hydrogen-bond donors (Lipinski definition) is 2. The lowest BCUT2D eigenvalue weighted by Crippen LogP contribution is -2.47. The number of nitrogens with one attached hydrogen (secondary N) is 2. The summed E-state index contributed by atoms with van der Waals surface area (Å²) in [6, 6.07) is 3.77. The van der Waals surface area contributed by atoms with Crippen molar-refractivity contribution in [2.45, 2.75) is 52.0 Å². The number of hydrogen-bond acceptors (Lipinski definition) is 6. The number of unbranched alkanes of at least 4 members (excludes halogenated alkanes) is 1. The standard InChI is InChI=1S/C23H37N3O5/c1-6-7-11-24-23(28)17-9-8-16(2)26(15-17)12-10-21(27)25-18-13-19(29-3)22(31-5)20(14-18)30-4/h13-14,16-17H,6-12,15H2,1-5H3,(H,24,28)(H,25,27). The van der Waals surface area contributed by atoms with Crippen LogP contribution in [0.15, 0.2) is 12.1 Å². The molecule has 0 radical (unpaired) electrons. The minimum atomic E-state index is -0.101. The number of amides is 2. The van der Waals surface area contributed by atoms with Crippen LogP contribution in [0.1, 0.15) is 46.0 Å². The Kier molecular flexibility index (Phi) is 9.91. The number of carbonyl (C=O) groups is 2. The van der Waals surface area contributed by atoms with Crippen molar-refractivity contribution in [1.82, 2.24) is 10.2 Å². The van der Waals surface area contributed by atoms with Crippen LogP contribution in [0.3, 0.4) is 0 Å². The number of anilines is 1. The fraction of sp³-hybridized carbons (Fsp3) is 0.652. The van der Waals surface area contributed by atoms with E-state index >= 15 is 0 Å². The van der Waals surface area contributed by atoms with Crippen LogP contribution in [-0.4, -0.2) is 63.7 Å². The van der Waals surface area contributed by atoms with Gasteiger partial charge in [-0.25, -0.2) is 0 Å². The second kappa shape index (κ2) is 12.4. The van der Waals surface area contributed by atoms with E-state index in [0.29, 0.717) is 48.5 Å². The zero-order chi connectivity index (χ0) is 22.8. The highest BCUT2D eigenvalue weighted by Gasteiger charge is 2.29. The highest BCUT2D eigenvalue weighted by molar-refractivity contribution is 5.91. The van der Waals surface area contributed by atoms with Gasteiger partial charge in [0.05, 0.1) is 27.2 Å². The molecule has 174 valence electrons.